The topological polar surface area (TPSA) is 111 Å². The third-order valence-corrected chi connectivity index (χ3v) is 8.08. The minimum atomic E-state index is -0.634. The molecule has 230 valence electrons. The smallest absolute Gasteiger partial charge is 0.339 e. The molecule has 4 rings (SSSR count). The molecule has 0 spiro atoms. The van der Waals surface area contributed by atoms with E-state index in [1.54, 1.807) is 36.4 Å². The molecule has 0 aliphatic carbocycles. The lowest BCUT2D eigenvalue weighted by Gasteiger charge is -2.13. The molecule has 1 fully saturated rings. The number of hydrogen-bond donors (Lipinski definition) is 1. The van der Waals surface area contributed by atoms with Gasteiger partial charge in [-0.2, -0.15) is 0 Å². The van der Waals surface area contributed by atoms with Crippen LogP contribution in [0.5, 0.6) is 11.5 Å². The number of nitrogens with one attached hydrogen (secondary N) is 1. The van der Waals surface area contributed by atoms with Crippen molar-refractivity contribution >= 4 is 81.4 Å². The van der Waals surface area contributed by atoms with E-state index in [9.17, 15) is 19.2 Å². The van der Waals surface area contributed by atoms with Gasteiger partial charge in [0.1, 0.15) is 13.2 Å². The fourth-order valence-electron chi connectivity index (χ4n) is 3.97. The summed E-state index contributed by atoms with van der Waals surface area (Å²) in [6.07, 6.45) is 3.10. The summed E-state index contributed by atoms with van der Waals surface area (Å²) >= 11 is 19.0. The van der Waals surface area contributed by atoms with E-state index in [0.29, 0.717) is 45.3 Å². The van der Waals surface area contributed by atoms with Gasteiger partial charge in [0.2, 0.25) is 5.91 Å². The van der Waals surface area contributed by atoms with Gasteiger partial charge in [0.05, 0.1) is 29.2 Å². The third kappa shape index (κ3) is 8.47. The summed E-state index contributed by atoms with van der Waals surface area (Å²) in [5, 5.41) is 3.15. The van der Waals surface area contributed by atoms with Crippen molar-refractivity contribution < 1.29 is 33.4 Å². The molecule has 0 saturated carbocycles. The highest BCUT2D eigenvalue weighted by molar-refractivity contribution is 8.18. The van der Waals surface area contributed by atoms with Crippen LogP contribution >= 0.6 is 46.6 Å². The largest absolute Gasteiger partial charge is 0.493 e. The Morgan fingerprint density at radius 1 is 0.977 bits per heavy atom. The van der Waals surface area contributed by atoms with Crippen LogP contribution in [-0.2, 0) is 20.9 Å². The number of nitrogens with zero attached hydrogens (tertiary/aromatic N) is 1. The van der Waals surface area contributed by atoms with Crippen molar-refractivity contribution in [3.63, 3.8) is 0 Å². The zero-order valence-corrected chi connectivity index (χ0v) is 26.7. The van der Waals surface area contributed by atoms with Gasteiger partial charge in [-0.25, -0.2) is 4.79 Å². The van der Waals surface area contributed by atoms with E-state index in [1.807, 2.05) is 6.92 Å². The number of imide groups is 1. The summed E-state index contributed by atoms with van der Waals surface area (Å²) in [5.41, 5.74) is 1.67. The number of carbonyl (C=O) groups is 4. The second kappa shape index (κ2) is 15.3. The SMILES string of the molecule is CCCCOC(=O)c1cc(NC(=O)CN2C(=O)S/C(=C/c3ccc(OCc4ccc(Cl)cc4Cl)c(OC)c3)C2=O)ccc1Cl. The predicted molar refractivity (Wildman–Crippen MR) is 172 cm³/mol. The molecule has 13 heteroatoms. The number of methoxy groups -OCH3 is 1. The van der Waals surface area contributed by atoms with Crippen molar-refractivity contribution in [3.8, 4) is 11.5 Å². The number of hydrogen-bond acceptors (Lipinski definition) is 8. The van der Waals surface area contributed by atoms with Crippen LogP contribution in [-0.4, -0.2) is 48.2 Å². The fraction of sp³-hybridized carbons (Fsp3) is 0.226. The first kappa shape index (κ1) is 33.2. The Kier molecular flexibility index (Phi) is 11.6. The van der Waals surface area contributed by atoms with Crippen LogP contribution in [0.15, 0.2) is 59.5 Å². The van der Waals surface area contributed by atoms with Crippen molar-refractivity contribution in [2.24, 2.45) is 0 Å². The maximum atomic E-state index is 13.0. The number of anilines is 1. The van der Waals surface area contributed by atoms with E-state index < -0.39 is 29.6 Å². The lowest BCUT2D eigenvalue weighted by atomic mass is 10.1. The first-order valence-electron chi connectivity index (χ1n) is 13.4. The highest BCUT2D eigenvalue weighted by Crippen LogP contribution is 2.35. The van der Waals surface area contributed by atoms with Crippen LogP contribution in [0.4, 0.5) is 10.5 Å². The van der Waals surface area contributed by atoms with Crippen LogP contribution in [0.2, 0.25) is 15.1 Å². The molecule has 44 heavy (non-hydrogen) atoms. The first-order chi connectivity index (χ1) is 21.1. The third-order valence-electron chi connectivity index (χ3n) is 6.26. The van der Waals surface area contributed by atoms with Gasteiger partial charge >= 0.3 is 5.97 Å². The van der Waals surface area contributed by atoms with Crippen LogP contribution < -0.4 is 14.8 Å². The minimum absolute atomic E-state index is 0.0929. The Balaban J connectivity index is 1.40. The summed E-state index contributed by atoms with van der Waals surface area (Å²) in [6, 6.07) is 14.5. The average Bonchev–Trinajstić information content (AvgIpc) is 3.25. The Hall–Kier alpha value is -3.70. The van der Waals surface area contributed by atoms with Crippen molar-refractivity contribution in [2.45, 2.75) is 26.4 Å². The highest BCUT2D eigenvalue weighted by Gasteiger charge is 2.36. The van der Waals surface area contributed by atoms with Gasteiger partial charge in [-0.1, -0.05) is 60.3 Å². The van der Waals surface area contributed by atoms with E-state index in [1.165, 1.54) is 31.4 Å². The number of unbranched alkanes of at least 4 members (excludes halogenated alkanes) is 1. The molecule has 1 saturated heterocycles. The molecular weight excluding hydrogens is 651 g/mol. The molecule has 3 aromatic carbocycles. The molecule has 3 amide bonds. The molecule has 0 aromatic heterocycles. The van der Waals surface area contributed by atoms with Gasteiger partial charge in [0, 0.05) is 21.3 Å². The zero-order valence-electron chi connectivity index (χ0n) is 23.7. The number of rotatable bonds is 12. The van der Waals surface area contributed by atoms with E-state index in [0.717, 1.165) is 16.9 Å². The van der Waals surface area contributed by atoms with Crippen LogP contribution in [0.1, 0.15) is 41.3 Å². The average molecular weight is 678 g/mol. The van der Waals surface area contributed by atoms with Gasteiger partial charge in [0.15, 0.2) is 11.5 Å². The maximum absolute atomic E-state index is 13.0. The normalized spacial score (nSPS) is 13.8. The van der Waals surface area contributed by atoms with Crippen LogP contribution in [0.3, 0.4) is 0 Å². The molecule has 1 aliphatic heterocycles. The van der Waals surface area contributed by atoms with Crippen molar-refractivity contribution in [3.05, 3.63) is 91.3 Å². The Labute approximate surface area is 273 Å². The Bertz CT molecular complexity index is 1630. The molecule has 9 nitrogen and oxygen atoms in total. The molecule has 1 aliphatic rings. The number of ether oxygens (including phenoxy) is 3. The maximum Gasteiger partial charge on any atom is 0.339 e. The number of benzene rings is 3. The number of esters is 1. The van der Waals surface area contributed by atoms with E-state index in [2.05, 4.69) is 5.32 Å². The number of halogens is 3. The molecule has 1 heterocycles. The van der Waals surface area contributed by atoms with Crippen molar-refractivity contribution in [2.75, 3.05) is 25.6 Å². The van der Waals surface area contributed by atoms with Crippen LogP contribution in [0, 0.1) is 0 Å². The summed E-state index contributed by atoms with van der Waals surface area (Å²) in [6.45, 7) is 1.87. The van der Waals surface area contributed by atoms with Gasteiger partial charge in [0.25, 0.3) is 11.1 Å². The van der Waals surface area contributed by atoms with Gasteiger partial charge in [-0.15, -0.1) is 0 Å². The minimum Gasteiger partial charge on any atom is -0.493 e. The van der Waals surface area contributed by atoms with Crippen molar-refractivity contribution in [1.82, 2.24) is 4.90 Å². The molecule has 0 unspecified atom stereocenters. The number of amides is 3. The molecule has 0 bridgehead atoms. The summed E-state index contributed by atoms with van der Waals surface area (Å²) in [4.78, 5) is 51.7. The summed E-state index contributed by atoms with van der Waals surface area (Å²) in [5.74, 6) is -1.02. The Morgan fingerprint density at radius 2 is 1.77 bits per heavy atom. The zero-order chi connectivity index (χ0) is 31.8. The van der Waals surface area contributed by atoms with Gasteiger partial charge in [-0.05, 0) is 72.3 Å². The number of thioether (sulfide) groups is 1. The molecule has 1 N–H and O–H groups in total. The first-order valence-corrected chi connectivity index (χ1v) is 15.3. The highest BCUT2D eigenvalue weighted by atomic mass is 35.5. The van der Waals surface area contributed by atoms with E-state index >= 15 is 0 Å². The second-order valence-electron chi connectivity index (χ2n) is 9.43. The summed E-state index contributed by atoms with van der Waals surface area (Å²) in [7, 11) is 1.48. The second-order valence-corrected chi connectivity index (χ2v) is 11.7. The lowest BCUT2D eigenvalue weighted by Crippen LogP contribution is -2.36. The van der Waals surface area contributed by atoms with Gasteiger partial charge in [-0.3, -0.25) is 19.3 Å². The lowest BCUT2D eigenvalue weighted by molar-refractivity contribution is -0.127. The standard InChI is InChI=1S/C31H27Cl3N2O7S/c1-3-4-11-42-30(39)22-15-21(8-9-23(22)33)35-28(37)16-36-29(38)27(44-31(36)40)13-18-5-10-25(26(12-18)41-2)43-17-19-6-7-20(32)14-24(19)34/h5-10,12-15H,3-4,11,16-17H2,1-2H3,(H,35,37)/b27-13+. The molecule has 3 aromatic rings. The monoisotopic (exact) mass is 676 g/mol. The predicted octanol–water partition coefficient (Wildman–Crippen LogP) is 7.87. The number of carbonyl (C=O) groups excluding carboxylic acids is 4. The van der Waals surface area contributed by atoms with E-state index in [4.69, 9.17) is 49.0 Å². The molecular formula is C31H27Cl3N2O7S. The fourth-order valence-corrected chi connectivity index (χ4v) is 5.46. The summed E-state index contributed by atoms with van der Waals surface area (Å²) < 4.78 is 16.5. The quantitative estimate of drug-likeness (QED) is 0.117. The van der Waals surface area contributed by atoms with Crippen LogP contribution in [0.25, 0.3) is 6.08 Å². The molecule has 0 atom stereocenters. The molecule has 0 radical (unpaired) electrons. The van der Waals surface area contributed by atoms with Crippen molar-refractivity contribution in [1.29, 1.82) is 0 Å². The Morgan fingerprint density at radius 3 is 2.50 bits per heavy atom. The van der Waals surface area contributed by atoms with E-state index in [-0.39, 0.29) is 34.4 Å². The van der Waals surface area contributed by atoms with Gasteiger partial charge < -0.3 is 19.5 Å².